The molecule has 4 aromatic rings. The molecule has 0 bridgehead atoms. The highest BCUT2D eigenvalue weighted by molar-refractivity contribution is 7.13. The lowest BCUT2D eigenvalue weighted by molar-refractivity contribution is 0.0953. The van der Waals surface area contributed by atoms with Crippen LogP contribution in [-0.2, 0) is 13.0 Å². The molecule has 6 nitrogen and oxygen atoms in total. The summed E-state index contributed by atoms with van der Waals surface area (Å²) in [7, 11) is 1.68. The molecule has 1 aliphatic rings. The van der Waals surface area contributed by atoms with Crippen LogP contribution in [0.1, 0.15) is 59.4 Å². The number of methoxy groups -OCH3 is 1. The van der Waals surface area contributed by atoms with E-state index < -0.39 is 0 Å². The van der Waals surface area contributed by atoms with Crippen LogP contribution in [0.25, 0.3) is 22.0 Å². The van der Waals surface area contributed by atoms with Gasteiger partial charge in [-0.2, -0.15) is 0 Å². The predicted octanol–water partition coefficient (Wildman–Crippen LogP) is 7.16. The van der Waals surface area contributed by atoms with Gasteiger partial charge in [0, 0.05) is 41.6 Å². The number of allylic oxidation sites excluding steroid dienone is 1. The second kappa shape index (κ2) is 12.4. The molecule has 0 saturated heterocycles. The molecular formula is C32H36N4O2S. The van der Waals surface area contributed by atoms with Crippen LogP contribution in [0.4, 0.5) is 0 Å². The molecule has 39 heavy (non-hydrogen) atoms. The Labute approximate surface area is 234 Å². The molecule has 3 heterocycles. The molecule has 1 aliphatic carbocycles. The molecule has 1 N–H and O–H groups in total. The number of hydrogen-bond acceptors (Lipinski definition) is 5. The Balaban J connectivity index is 1.39. The molecule has 3 aromatic heterocycles. The minimum atomic E-state index is -0.0217. The maximum absolute atomic E-state index is 13.3. The van der Waals surface area contributed by atoms with Crippen molar-refractivity contribution in [2.24, 2.45) is 0 Å². The topological polar surface area (TPSA) is 69.0 Å². The lowest BCUT2D eigenvalue weighted by Crippen LogP contribution is -2.25. The number of carbonyl (C=O) groups excluding carboxylic acids is 1. The van der Waals surface area contributed by atoms with Crippen molar-refractivity contribution in [1.82, 2.24) is 19.9 Å². The summed E-state index contributed by atoms with van der Waals surface area (Å²) in [6.07, 6.45) is 10.8. The molecule has 0 spiro atoms. The number of pyridine rings is 1. The van der Waals surface area contributed by atoms with Crippen LogP contribution in [0.3, 0.4) is 0 Å². The number of aryl methyl sites for hydroxylation is 2. The average molecular weight is 541 g/mol. The van der Waals surface area contributed by atoms with Gasteiger partial charge in [-0.1, -0.05) is 23.8 Å². The van der Waals surface area contributed by atoms with Crippen molar-refractivity contribution in [3.05, 3.63) is 88.2 Å². The number of amides is 1. The van der Waals surface area contributed by atoms with Crippen LogP contribution >= 0.6 is 11.3 Å². The van der Waals surface area contributed by atoms with Crippen molar-refractivity contribution < 1.29 is 9.53 Å². The average Bonchev–Trinajstić information content (AvgIpc) is 3.58. The molecule has 0 atom stereocenters. The molecule has 0 radical (unpaired) electrons. The molecule has 202 valence electrons. The molecule has 0 fully saturated rings. The number of thiazole rings is 1. The minimum Gasteiger partial charge on any atom is -0.497 e. The van der Waals surface area contributed by atoms with Gasteiger partial charge >= 0.3 is 0 Å². The number of carbonyl (C=O) groups is 1. The van der Waals surface area contributed by atoms with E-state index in [1.807, 2.05) is 44.3 Å². The summed E-state index contributed by atoms with van der Waals surface area (Å²) in [5, 5.41) is 6.16. The normalized spacial score (nSPS) is 13.3. The van der Waals surface area contributed by atoms with Crippen molar-refractivity contribution in [2.75, 3.05) is 13.7 Å². The van der Waals surface area contributed by atoms with Gasteiger partial charge in [-0.25, -0.2) is 4.98 Å². The SMILES string of the molecule is COc1ccc(CCn2c(-c3csc(-c4ccc(C)nc4)n3)cc(C(=O)NCCC3=CCCCC3)c2C)cc1. The van der Waals surface area contributed by atoms with E-state index in [-0.39, 0.29) is 5.91 Å². The molecular weight excluding hydrogens is 504 g/mol. The summed E-state index contributed by atoms with van der Waals surface area (Å²) in [6.45, 7) is 5.42. The molecule has 7 heteroatoms. The van der Waals surface area contributed by atoms with E-state index in [9.17, 15) is 4.79 Å². The number of hydrogen-bond donors (Lipinski definition) is 1. The summed E-state index contributed by atoms with van der Waals surface area (Å²) in [5.41, 5.74) is 8.17. The lowest BCUT2D eigenvalue weighted by Gasteiger charge is -2.13. The molecule has 0 unspecified atom stereocenters. The zero-order chi connectivity index (χ0) is 27.2. The smallest absolute Gasteiger partial charge is 0.253 e. The third-order valence-corrected chi connectivity index (χ3v) is 8.33. The number of ether oxygens (including phenoxy) is 1. The zero-order valence-electron chi connectivity index (χ0n) is 23.0. The van der Waals surface area contributed by atoms with E-state index in [0.29, 0.717) is 12.1 Å². The van der Waals surface area contributed by atoms with Crippen LogP contribution in [0, 0.1) is 13.8 Å². The van der Waals surface area contributed by atoms with E-state index in [1.54, 1.807) is 18.4 Å². The Kier molecular flexibility index (Phi) is 8.57. The molecule has 5 rings (SSSR count). The van der Waals surface area contributed by atoms with Crippen molar-refractivity contribution in [3.8, 4) is 27.7 Å². The first-order valence-corrected chi connectivity index (χ1v) is 14.6. The number of benzene rings is 1. The van der Waals surface area contributed by atoms with Gasteiger partial charge in [-0.05, 0) is 88.3 Å². The van der Waals surface area contributed by atoms with E-state index in [0.717, 1.165) is 71.3 Å². The highest BCUT2D eigenvalue weighted by Gasteiger charge is 2.20. The quantitative estimate of drug-likeness (QED) is 0.217. The van der Waals surface area contributed by atoms with Crippen LogP contribution in [0.5, 0.6) is 5.75 Å². The van der Waals surface area contributed by atoms with Crippen LogP contribution < -0.4 is 10.1 Å². The molecule has 0 saturated carbocycles. The number of aromatic nitrogens is 3. The second-order valence-corrected chi connectivity index (χ2v) is 11.0. The van der Waals surface area contributed by atoms with Crippen molar-refractivity contribution >= 4 is 17.2 Å². The Morgan fingerprint density at radius 1 is 1.10 bits per heavy atom. The summed E-state index contributed by atoms with van der Waals surface area (Å²) in [6, 6.07) is 14.2. The Morgan fingerprint density at radius 3 is 2.67 bits per heavy atom. The number of nitrogens with one attached hydrogen (secondary N) is 1. The van der Waals surface area contributed by atoms with E-state index >= 15 is 0 Å². The van der Waals surface area contributed by atoms with Gasteiger partial charge in [-0.15, -0.1) is 11.3 Å². The zero-order valence-corrected chi connectivity index (χ0v) is 23.8. The molecule has 0 aliphatic heterocycles. The Hall–Kier alpha value is -3.71. The van der Waals surface area contributed by atoms with Gasteiger partial charge in [0.05, 0.1) is 24.1 Å². The largest absolute Gasteiger partial charge is 0.497 e. The van der Waals surface area contributed by atoms with Gasteiger partial charge in [0.25, 0.3) is 5.91 Å². The second-order valence-electron chi connectivity index (χ2n) is 10.1. The Morgan fingerprint density at radius 2 is 1.95 bits per heavy atom. The summed E-state index contributed by atoms with van der Waals surface area (Å²) < 4.78 is 7.54. The fraction of sp³-hybridized carbons (Fsp3) is 0.344. The number of rotatable bonds is 10. The van der Waals surface area contributed by atoms with Crippen molar-refractivity contribution in [1.29, 1.82) is 0 Å². The predicted molar refractivity (Wildman–Crippen MR) is 158 cm³/mol. The highest BCUT2D eigenvalue weighted by atomic mass is 32.1. The molecule has 1 amide bonds. The van der Waals surface area contributed by atoms with E-state index in [2.05, 4.69) is 44.5 Å². The van der Waals surface area contributed by atoms with E-state index in [4.69, 9.17) is 9.72 Å². The minimum absolute atomic E-state index is 0.0217. The molecule has 1 aromatic carbocycles. The van der Waals surface area contributed by atoms with Crippen molar-refractivity contribution in [3.63, 3.8) is 0 Å². The van der Waals surface area contributed by atoms with Crippen LogP contribution in [-0.4, -0.2) is 34.1 Å². The first-order chi connectivity index (χ1) is 19.0. The highest BCUT2D eigenvalue weighted by Crippen LogP contribution is 2.32. The van der Waals surface area contributed by atoms with Gasteiger partial charge in [-0.3, -0.25) is 9.78 Å². The van der Waals surface area contributed by atoms with E-state index in [1.165, 1.54) is 24.0 Å². The van der Waals surface area contributed by atoms with Gasteiger partial charge in [0.2, 0.25) is 0 Å². The fourth-order valence-electron chi connectivity index (χ4n) is 5.09. The summed E-state index contributed by atoms with van der Waals surface area (Å²) in [4.78, 5) is 22.7. The van der Waals surface area contributed by atoms with Crippen molar-refractivity contribution in [2.45, 2.75) is 58.9 Å². The Bertz CT molecular complexity index is 1450. The standard InChI is InChI=1S/C32H36N4O2S/c1-22-9-12-26(20-34-22)32-35-29(21-39-32)30-19-28(31(37)33-17-15-24-7-5-4-6-8-24)23(2)36(30)18-16-25-10-13-27(38-3)14-11-25/h7,9-14,19-21H,4-6,8,15-18H2,1-3H3,(H,33,37). The fourth-order valence-corrected chi connectivity index (χ4v) is 5.89. The third-order valence-electron chi connectivity index (χ3n) is 7.44. The first-order valence-electron chi connectivity index (χ1n) is 13.7. The lowest BCUT2D eigenvalue weighted by atomic mass is 9.97. The van der Waals surface area contributed by atoms with Gasteiger partial charge in [0.1, 0.15) is 10.8 Å². The monoisotopic (exact) mass is 540 g/mol. The summed E-state index contributed by atoms with van der Waals surface area (Å²) in [5.74, 6) is 0.826. The van der Waals surface area contributed by atoms with Gasteiger partial charge < -0.3 is 14.6 Å². The maximum atomic E-state index is 13.3. The van der Waals surface area contributed by atoms with Crippen LogP contribution in [0.15, 0.2) is 65.7 Å². The van der Waals surface area contributed by atoms with Gasteiger partial charge in [0.15, 0.2) is 0 Å². The number of nitrogens with zero attached hydrogens (tertiary/aromatic N) is 3. The third kappa shape index (κ3) is 6.48. The summed E-state index contributed by atoms with van der Waals surface area (Å²) >= 11 is 1.60. The van der Waals surface area contributed by atoms with Crippen LogP contribution in [0.2, 0.25) is 0 Å². The maximum Gasteiger partial charge on any atom is 0.253 e. The first kappa shape index (κ1) is 26.9.